The van der Waals surface area contributed by atoms with Gasteiger partial charge in [0.05, 0.1) is 32.2 Å². The van der Waals surface area contributed by atoms with Crippen LogP contribution in [0.15, 0.2) is 36.7 Å². The summed E-state index contributed by atoms with van der Waals surface area (Å²) < 4.78 is 29.6. The van der Waals surface area contributed by atoms with Gasteiger partial charge in [0.2, 0.25) is 5.75 Å². The Morgan fingerprint density at radius 1 is 0.958 bits per heavy atom. The highest BCUT2D eigenvalue weighted by atomic mass is 19.1. The van der Waals surface area contributed by atoms with Gasteiger partial charge in [-0.3, -0.25) is 0 Å². The first kappa shape index (κ1) is 15.8. The summed E-state index contributed by atoms with van der Waals surface area (Å²) in [6, 6.07) is 7.83. The molecule has 6 nitrogen and oxygen atoms in total. The molecule has 0 unspecified atom stereocenters. The van der Waals surface area contributed by atoms with Crippen molar-refractivity contribution >= 4 is 22.4 Å². The maximum absolute atomic E-state index is 13.4. The first-order valence-corrected chi connectivity index (χ1v) is 7.14. The minimum Gasteiger partial charge on any atom is -0.493 e. The molecule has 0 radical (unpaired) electrons. The Labute approximate surface area is 138 Å². The monoisotopic (exact) mass is 329 g/mol. The van der Waals surface area contributed by atoms with Crippen molar-refractivity contribution in [1.82, 2.24) is 9.97 Å². The van der Waals surface area contributed by atoms with Gasteiger partial charge >= 0.3 is 0 Å². The first-order chi connectivity index (χ1) is 11.7. The van der Waals surface area contributed by atoms with Gasteiger partial charge < -0.3 is 19.5 Å². The van der Waals surface area contributed by atoms with Crippen LogP contribution in [0.5, 0.6) is 17.2 Å². The number of anilines is 2. The Kier molecular flexibility index (Phi) is 4.33. The molecule has 0 fully saturated rings. The van der Waals surface area contributed by atoms with Crippen molar-refractivity contribution in [2.45, 2.75) is 0 Å². The number of nitrogens with one attached hydrogen (secondary N) is 1. The van der Waals surface area contributed by atoms with Crippen LogP contribution in [0.25, 0.3) is 10.9 Å². The number of methoxy groups -OCH3 is 3. The van der Waals surface area contributed by atoms with Crippen molar-refractivity contribution in [2.24, 2.45) is 0 Å². The number of hydrogen-bond donors (Lipinski definition) is 1. The maximum Gasteiger partial charge on any atom is 0.204 e. The first-order valence-electron chi connectivity index (χ1n) is 7.14. The lowest BCUT2D eigenvalue weighted by Gasteiger charge is -2.16. The molecule has 2 aromatic carbocycles. The molecule has 0 bridgehead atoms. The summed E-state index contributed by atoms with van der Waals surface area (Å²) in [7, 11) is 4.58. The van der Waals surface area contributed by atoms with Gasteiger partial charge in [0.15, 0.2) is 11.5 Å². The Balaban J connectivity index is 2.21. The van der Waals surface area contributed by atoms with Crippen molar-refractivity contribution in [2.75, 3.05) is 26.6 Å². The molecule has 3 aromatic rings. The lowest BCUT2D eigenvalue weighted by atomic mass is 10.1. The Hall–Kier alpha value is -3.09. The van der Waals surface area contributed by atoms with E-state index in [1.54, 1.807) is 18.2 Å². The van der Waals surface area contributed by atoms with Crippen LogP contribution in [-0.2, 0) is 0 Å². The molecule has 0 aliphatic heterocycles. The van der Waals surface area contributed by atoms with E-state index >= 15 is 0 Å². The van der Waals surface area contributed by atoms with E-state index in [9.17, 15) is 4.39 Å². The summed E-state index contributed by atoms with van der Waals surface area (Å²) in [5, 5.41) is 3.70. The van der Waals surface area contributed by atoms with E-state index in [0.717, 1.165) is 0 Å². The average molecular weight is 329 g/mol. The van der Waals surface area contributed by atoms with Crippen molar-refractivity contribution in [3.05, 3.63) is 42.5 Å². The minimum atomic E-state index is -0.343. The summed E-state index contributed by atoms with van der Waals surface area (Å²) in [4.78, 5) is 8.50. The molecule has 0 saturated carbocycles. The molecule has 1 N–H and O–H groups in total. The molecule has 0 amide bonds. The molecule has 3 rings (SSSR count). The summed E-state index contributed by atoms with van der Waals surface area (Å²) in [5.41, 5.74) is 1.17. The molecule has 1 heterocycles. The summed E-state index contributed by atoms with van der Waals surface area (Å²) >= 11 is 0. The van der Waals surface area contributed by atoms with Crippen LogP contribution >= 0.6 is 0 Å². The molecule has 24 heavy (non-hydrogen) atoms. The second-order valence-corrected chi connectivity index (χ2v) is 4.90. The van der Waals surface area contributed by atoms with Crippen molar-refractivity contribution < 1.29 is 18.6 Å². The molecular weight excluding hydrogens is 313 g/mol. The number of aromatic nitrogens is 2. The second-order valence-electron chi connectivity index (χ2n) is 4.90. The molecule has 1 aromatic heterocycles. The predicted molar refractivity (Wildman–Crippen MR) is 88.9 cm³/mol. The fourth-order valence-electron chi connectivity index (χ4n) is 2.49. The summed E-state index contributed by atoms with van der Waals surface area (Å²) in [6.07, 6.45) is 1.41. The van der Waals surface area contributed by atoms with Crippen LogP contribution in [0, 0.1) is 5.82 Å². The van der Waals surface area contributed by atoms with Gasteiger partial charge in [0.1, 0.15) is 18.0 Å². The number of benzene rings is 2. The van der Waals surface area contributed by atoms with Crippen molar-refractivity contribution in [3.8, 4) is 17.2 Å². The van der Waals surface area contributed by atoms with Gasteiger partial charge in [0.25, 0.3) is 0 Å². The molecule has 0 aliphatic rings. The third-order valence-corrected chi connectivity index (χ3v) is 3.52. The van der Waals surface area contributed by atoms with E-state index in [0.29, 0.717) is 39.7 Å². The molecular formula is C17H16FN3O3. The van der Waals surface area contributed by atoms with Crippen LogP contribution < -0.4 is 19.5 Å². The van der Waals surface area contributed by atoms with E-state index < -0.39 is 0 Å². The van der Waals surface area contributed by atoms with Gasteiger partial charge in [-0.05, 0) is 18.2 Å². The molecule has 0 aliphatic carbocycles. The number of ether oxygens (including phenoxy) is 3. The second kappa shape index (κ2) is 6.57. The average Bonchev–Trinajstić information content (AvgIpc) is 2.60. The van der Waals surface area contributed by atoms with Crippen LogP contribution in [0.3, 0.4) is 0 Å². The van der Waals surface area contributed by atoms with E-state index in [2.05, 4.69) is 15.3 Å². The van der Waals surface area contributed by atoms with Gasteiger partial charge in [-0.15, -0.1) is 0 Å². The summed E-state index contributed by atoms with van der Waals surface area (Å²) in [6.45, 7) is 0. The zero-order valence-electron chi connectivity index (χ0n) is 13.5. The molecule has 0 saturated heterocycles. The van der Waals surface area contributed by atoms with Crippen LogP contribution in [-0.4, -0.2) is 31.3 Å². The minimum absolute atomic E-state index is 0.343. The Morgan fingerprint density at radius 3 is 2.42 bits per heavy atom. The fraction of sp³-hybridized carbons (Fsp3) is 0.176. The van der Waals surface area contributed by atoms with Gasteiger partial charge in [-0.25, -0.2) is 14.4 Å². The molecule has 7 heteroatoms. The molecule has 124 valence electrons. The Morgan fingerprint density at radius 2 is 1.75 bits per heavy atom. The number of fused-ring (bicyclic) bond motifs is 1. The van der Waals surface area contributed by atoms with E-state index in [-0.39, 0.29) is 5.82 Å². The highest BCUT2D eigenvalue weighted by Gasteiger charge is 2.20. The topological polar surface area (TPSA) is 65.5 Å². The zero-order chi connectivity index (χ0) is 17.1. The lowest BCUT2D eigenvalue weighted by Crippen LogP contribution is -2.01. The summed E-state index contributed by atoms with van der Waals surface area (Å²) in [5.74, 6) is 1.50. The molecule has 0 atom stereocenters. The predicted octanol–water partition coefficient (Wildman–Crippen LogP) is 3.54. The van der Waals surface area contributed by atoms with Crippen molar-refractivity contribution in [3.63, 3.8) is 0 Å². The third kappa shape index (κ3) is 2.76. The SMILES string of the molecule is COc1cc2ncnc(Nc3cccc(F)c3)c2c(OC)c1OC. The standard InChI is InChI=1S/C17H16FN3O3/c1-22-13-8-12-14(16(24-3)15(13)23-2)17(20-9-19-12)21-11-6-4-5-10(18)7-11/h4-9H,1-3H3,(H,19,20,21). The highest BCUT2D eigenvalue weighted by molar-refractivity contribution is 5.99. The smallest absolute Gasteiger partial charge is 0.204 e. The van der Waals surface area contributed by atoms with Crippen LogP contribution in [0.2, 0.25) is 0 Å². The van der Waals surface area contributed by atoms with Crippen LogP contribution in [0.4, 0.5) is 15.9 Å². The van der Waals surface area contributed by atoms with Crippen LogP contribution in [0.1, 0.15) is 0 Å². The number of rotatable bonds is 5. The Bertz CT molecular complexity index is 886. The quantitative estimate of drug-likeness (QED) is 0.772. The van der Waals surface area contributed by atoms with Gasteiger partial charge in [0, 0.05) is 11.8 Å². The number of nitrogens with zero attached hydrogens (tertiary/aromatic N) is 2. The number of halogens is 1. The van der Waals surface area contributed by atoms with Gasteiger partial charge in [-0.1, -0.05) is 6.07 Å². The van der Waals surface area contributed by atoms with E-state index in [1.807, 2.05) is 0 Å². The zero-order valence-corrected chi connectivity index (χ0v) is 13.5. The largest absolute Gasteiger partial charge is 0.493 e. The highest BCUT2D eigenvalue weighted by Crippen LogP contribution is 2.45. The van der Waals surface area contributed by atoms with E-state index in [1.165, 1.54) is 39.8 Å². The normalized spacial score (nSPS) is 10.5. The fourth-order valence-corrected chi connectivity index (χ4v) is 2.49. The van der Waals surface area contributed by atoms with Gasteiger partial charge in [-0.2, -0.15) is 0 Å². The third-order valence-electron chi connectivity index (χ3n) is 3.52. The number of hydrogen-bond acceptors (Lipinski definition) is 6. The van der Waals surface area contributed by atoms with E-state index in [4.69, 9.17) is 14.2 Å². The molecule has 0 spiro atoms. The van der Waals surface area contributed by atoms with Crippen molar-refractivity contribution in [1.29, 1.82) is 0 Å². The lowest BCUT2D eigenvalue weighted by molar-refractivity contribution is 0.327. The maximum atomic E-state index is 13.4.